The molecule has 5 rings (SSSR count). The first kappa shape index (κ1) is 23.0. The summed E-state index contributed by atoms with van der Waals surface area (Å²) < 4.78 is 5.34. The van der Waals surface area contributed by atoms with Crippen LogP contribution in [0.4, 0.5) is 5.69 Å². The fourth-order valence-corrected chi connectivity index (χ4v) is 6.03. The van der Waals surface area contributed by atoms with Gasteiger partial charge in [-0.25, -0.2) is 4.79 Å². The van der Waals surface area contributed by atoms with E-state index in [4.69, 9.17) is 4.74 Å². The normalized spacial score (nSPS) is 27.3. The molecule has 0 spiro atoms. The SMILES string of the molecule is C[C@@]1(O)CS[C@@H]2C(N3C(=O)c4ccccc4C3=O)C(=O)N2C1C(=O)OCc1ccc([N+](=O)[O-])cc1. The minimum Gasteiger partial charge on any atom is -0.459 e. The Labute approximate surface area is 202 Å². The maximum absolute atomic E-state index is 13.2. The second-order valence-electron chi connectivity index (χ2n) is 8.71. The number of nitro groups is 1. The van der Waals surface area contributed by atoms with Crippen LogP contribution in [-0.4, -0.2) is 72.3 Å². The van der Waals surface area contributed by atoms with Crippen LogP contribution in [0, 0.1) is 10.1 Å². The van der Waals surface area contributed by atoms with Crippen LogP contribution in [0.5, 0.6) is 0 Å². The molecule has 3 aliphatic rings. The minimum atomic E-state index is -1.61. The maximum atomic E-state index is 13.2. The zero-order chi connectivity index (χ0) is 25.1. The molecule has 4 atom stereocenters. The van der Waals surface area contributed by atoms with Crippen molar-refractivity contribution in [3.63, 3.8) is 0 Å². The van der Waals surface area contributed by atoms with Crippen LogP contribution >= 0.6 is 11.8 Å². The van der Waals surface area contributed by atoms with E-state index in [0.717, 1.165) is 4.90 Å². The summed E-state index contributed by atoms with van der Waals surface area (Å²) in [6.07, 6.45) is 0. The Bertz CT molecular complexity index is 1240. The number of imide groups is 1. The van der Waals surface area contributed by atoms with Gasteiger partial charge in [0, 0.05) is 17.9 Å². The number of ether oxygens (including phenoxy) is 1. The third-order valence-electron chi connectivity index (χ3n) is 6.32. The predicted octanol–water partition coefficient (Wildman–Crippen LogP) is 1.34. The number of amides is 3. The number of benzene rings is 2. The molecule has 3 aliphatic heterocycles. The van der Waals surface area contributed by atoms with E-state index in [1.807, 2.05) is 0 Å². The number of carbonyl (C=O) groups excluding carboxylic acids is 4. The highest BCUT2D eigenvalue weighted by atomic mass is 32.2. The first-order valence-corrected chi connectivity index (χ1v) is 11.7. The van der Waals surface area contributed by atoms with Crippen molar-refractivity contribution in [1.82, 2.24) is 9.80 Å². The minimum absolute atomic E-state index is 0.0679. The molecule has 2 aromatic carbocycles. The molecule has 11 nitrogen and oxygen atoms in total. The number of hydrogen-bond acceptors (Lipinski definition) is 9. The Morgan fingerprint density at radius 2 is 1.74 bits per heavy atom. The van der Waals surface area contributed by atoms with E-state index in [1.165, 1.54) is 60.0 Å². The molecule has 35 heavy (non-hydrogen) atoms. The zero-order valence-corrected chi connectivity index (χ0v) is 19.1. The summed E-state index contributed by atoms with van der Waals surface area (Å²) in [5.41, 5.74) is -0.799. The highest BCUT2D eigenvalue weighted by molar-refractivity contribution is 8.00. The first-order chi connectivity index (χ1) is 16.6. The summed E-state index contributed by atoms with van der Waals surface area (Å²) in [6, 6.07) is 9.31. The Kier molecular flexibility index (Phi) is 5.37. The average Bonchev–Trinajstić information content (AvgIpc) is 3.08. The summed E-state index contributed by atoms with van der Waals surface area (Å²) in [4.78, 5) is 64.3. The third kappa shape index (κ3) is 3.56. The van der Waals surface area contributed by atoms with Gasteiger partial charge in [0.1, 0.15) is 23.6 Å². The molecule has 2 saturated heterocycles. The van der Waals surface area contributed by atoms with E-state index in [2.05, 4.69) is 0 Å². The zero-order valence-electron chi connectivity index (χ0n) is 18.3. The molecular weight excluding hydrogens is 478 g/mol. The number of thioether (sulfide) groups is 1. The fourth-order valence-electron chi connectivity index (χ4n) is 4.56. The van der Waals surface area contributed by atoms with Crippen LogP contribution in [0.3, 0.4) is 0 Å². The summed E-state index contributed by atoms with van der Waals surface area (Å²) in [5, 5.41) is 21.0. The van der Waals surface area contributed by atoms with Crippen molar-refractivity contribution in [2.45, 2.75) is 36.6 Å². The highest BCUT2D eigenvalue weighted by Gasteiger charge is 2.65. The van der Waals surface area contributed by atoms with Gasteiger partial charge in [-0.15, -0.1) is 11.8 Å². The molecule has 0 aliphatic carbocycles. The second kappa shape index (κ2) is 8.17. The summed E-state index contributed by atoms with van der Waals surface area (Å²) in [5.74, 6) is -2.56. The van der Waals surface area contributed by atoms with E-state index in [0.29, 0.717) is 5.56 Å². The molecule has 0 saturated carbocycles. The van der Waals surface area contributed by atoms with Crippen LogP contribution in [0.15, 0.2) is 48.5 Å². The van der Waals surface area contributed by atoms with Gasteiger partial charge >= 0.3 is 5.97 Å². The van der Waals surface area contributed by atoms with Crippen LogP contribution < -0.4 is 0 Å². The summed E-state index contributed by atoms with van der Waals surface area (Å²) >= 11 is 1.18. The van der Waals surface area contributed by atoms with Gasteiger partial charge in [0.05, 0.1) is 16.1 Å². The molecule has 0 radical (unpaired) electrons. The third-order valence-corrected chi connectivity index (χ3v) is 7.90. The van der Waals surface area contributed by atoms with Crippen LogP contribution in [-0.2, 0) is 20.9 Å². The van der Waals surface area contributed by atoms with Gasteiger partial charge in [0.25, 0.3) is 23.4 Å². The van der Waals surface area contributed by atoms with Crippen molar-refractivity contribution in [2.75, 3.05) is 5.75 Å². The monoisotopic (exact) mass is 497 g/mol. The number of β-lactam (4-membered cyclic amide) rings is 1. The number of nitro benzene ring substituents is 1. The number of fused-ring (bicyclic) bond motifs is 2. The molecule has 0 aromatic heterocycles. The van der Waals surface area contributed by atoms with Gasteiger partial charge in [-0.2, -0.15) is 0 Å². The van der Waals surface area contributed by atoms with Gasteiger partial charge in [0.15, 0.2) is 6.04 Å². The Morgan fingerprint density at radius 1 is 1.14 bits per heavy atom. The maximum Gasteiger partial charge on any atom is 0.332 e. The second-order valence-corrected chi connectivity index (χ2v) is 9.81. The number of aliphatic hydroxyl groups is 1. The smallest absolute Gasteiger partial charge is 0.332 e. The van der Waals surface area contributed by atoms with E-state index in [1.54, 1.807) is 12.1 Å². The van der Waals surface area contributed by atoms with Crippen molar-refractivity contribution in [1.29, 1.82) is 0 Å². The first-order valence-electron chi connectivity index (χ1n) is 10.6. The quantitative estimate of drug-likeness (QED) is 0.212. The lowest BCUT2D eigenvalue weighted by molar-refractivity contribution is -0.384. The number of non-ortho nitro benzene ring substituents is 1. The Hall–Kier alpha value is -3.77. The van der Waals surface area contributed by atoms with Crippen molar-refractivity contribution in [2.24, 2.45) is 0 Å². The van der Waals surface area contributed by atoms with Gasteiger partial charge in [0.2, 0.25) is 0 Å². The highest BCUT2D eigenvalue weighted by Crippen LogP contribution is 2.46. The summed E-state index contributed by atoms with van der Waals surface area (Å²) in [7, 11) is 0. The molecule has 0 bridgehead atoms. The standard InChI is InChI=1S/C23H19N3O8S/c1-23(31)11-35-21-16(24-18(27)14-4-2-3-5-15(14)19(24)28)20(29)25(21)17(23)22(30)34-10-12-6-8-13(9-7-12)26(32)33/h2-9,16-17,21,31H,10-11H2,1H3/t16?,17?,21-,23-/m1/s1. The Balaban J connectivity index is 1.33. The molecule has 180 valence electrons. The number of rotatable bonds is 5. The van der Waals surface area contributed by atoms with Crippen molar-refractivity contribution in [3.8, 4) is 0 Å². The molecular formula is C23H19N3O8S. The van der Waals surface area contributed by atoms with E-state index in [9.17, 15) is 34.4 Å². The number of carbonyl (C=O) groups is 4. The molecule has 1 N–H and O–H groups in total. The molecule has 2 unspecified atom stereocenters. The lowest BCUT2D eigenvalue weighted by atomic mass is 9.90. The van der Waals surface area contributed by atoms with Gasteiger partial charge in [-0.1, -0.05) is 12.1 Å². The molecule has 2 aromatic rings. The molecule has 3 amide bonds. The number of hydrogen-bond donors (Lipinski definition) is 1. The fraction of sp³-hybridized carbons (Fsp3) is 0.304. The van der Waals surface area contributed by atoms with E-state index in [-0.39, 0.29) is 29.2 Å². The lowest BCUT2D eigenvalue weighted by Crippen LogP contribution is -2.79. The Morgan fingerprint density at radius 3 is 2.31 bits per heavy atom. The van der Waals surface area contributed by atoms with Crippen LogP contribution in [0.25, 0.3) is 0 Å². The van der Waals surface area contributed by atoms with Crippen molar-refractivity contribution < 1.29 is 33.9 Å². The van der Waals surface area contributed by atoms with Crippen LogP contribution in [0.1, 0.15) is 33.2 Å². The lowest BCUT2D eigenvalue weighted by Gasteiger charge is -2.57. The topological polar surface area (TPSA) is 147 Å². The molecule has 3 heterocycles. The van der Waals surface area contributed by atoms with E-state index < -0.39 is 51.7 Å². The van der Waals surface area contributed by atoms with Crippen LogP contribution in [0.2, 0.25) is 0 Å². The number of esters is 1. The van der Waals surface area contributed by atoms with E-state index >= 15 is 0 Å². The predicted molar refractivity (Wildman–Crippen MR) is 121 cm³/mol. The van der Waals surface area contributed by atoms with Crippen molar-refractivity contribution >= 4 is 41.1 Å². The number of nitrogens with zero attached hydrogens (tertiary/aromatic N) is 3. The summed E-state index contributed by atoms with van der Waals surface area (Å²) in [6.45, 7) is 1.20. The van der Waals surface area contributed by atoms with Gasteiger partial charge in [-0.3, -0.25) is 29.4 Å². The molecule has 2 fully saturated rings. The largest absolute Gasteiger partial charge is 0.459 e. The average molecular weight is 497 g/mol. The van der Waals surface area contributed by atoms with Crippen molar-refractivity contribution in [3.05, 3.63) is 75.3 Å². The van der Waals surface area contributed by atoms with Gasteiger partial charge in [-0.05, 0) is 36.8 Å². The van der Waals surface area contributed by atoms with Gasteiger partial charge < -0.3 is 14.7 Å². The molecule has 12 heteroatoms.